The molecule has 1 aliphatic heterocycles. The highest BCUT2D eigenvalue weighted by molar-refractivity contribution is 7.16. The van der Waals surface area contributed by atoms with Crippen LogP contribution in [0.2, 0.25) is 4.34 Å². The second kappa shape index (κ2) is 6.60. The Balaban J connectivity index is 1.58. The average molecular weight is 325 g/mol. The first-order valence-electron chi connectivity index (χ1n) is 7.00. The van der Waals surface area contributed by atoms with E-state index in [1.807, 2.05) is 23.0 Å². The smallest absolute Gasteiger partial charge is 0.272 e. The lowest BCUT2D eigenvalue weighted by molar-refractivity contribution is 0.0945. The monoisotopic (exact) mass is 324 g/mol. The normalized spacial score (nSPS) is 18.6. The minimum atomic E-state index is -0.151. The van der Waals surface area contributed by atoms with Crippen molar-refractivity contribution in [3.05, 3.63) is 39.3 Å². The zero-order chi connectivity index (χ0) is 14.7. The van der Waals surface area contributed by atoms with Gasteiger partial charge in [-0.15, -0.1) is 11.3 Å². The van der Waals surface area contributed by atoms with Crippen LogP contribution in [-0.4, -0.2) is 28.8 Å². The Kier molecular flexibility index (Phi) is 4.57. The van der Waals surface area contributed by atoms with Crippen molar-refractivity contribution in [3.8, 4) is 0 Å². The van der Waals surface area contributed by atoms with Crippen molar-refractivity contribution in [2.24, 2.45) is 0 Å². The molecule has 21 heavy (non-hydrogen) atoms. The van der Waals surface area contributed by atoms with Crippen molar-refractivity contribution in [1.29, 1.82) is 0 Å². The maximum absolute atomic E-state index is 12.1. The predicted octanol–water partition coefficient (Wildman–Crippen LogP) is 2.45. The van der Waals surface area contributed by atoms with Crippen LogP contribution in [0.25, 0.3) is 0 Å². The maximum atomic E-state index is 12.1. The summed E-state index contributed by atoms with van der Waals surface area (Å²) >= 11 is 7.34. The predicted molar refractivity (Wildman–Crippen MR) is 83.9 cm³/mol. The van der Waals surface area contributed by atoms with Crippen LogP contribution < -0.4 is 10.6 Å². The Hall–Kier alpha value is -1.37. The molecule has 0 aliphatic carbocycles. The molecule has 3 heterocycles. The number of nitrogens with zero attached hydrogens (tertiary/aromatic N) is 2. The van der Waals surface area contributed by atoms with Gasteiger partial charge < -0.3 is 10.6 Å². The summed E-state index contributed by atoms with van der Waals surface area (Å²) in [7, 11) is 0. The summed E-state index contributed by atoms with van der Waals surface area (Å²) in [4.78, 5) is 13.1. The molecule has 7 heteroatoms. The van der Waals surface area contributed by atoms with Crippen LogP contribution in [0.15, 0.2) is 24.4 Å². The molecular weight excluding hydrogens is 308 g/mol. The molecule has 2 aromatic rings. The summed E-state index contributed by atoms with van der Waals surface area (Å²) in [6, 6.07) is 5.86. The van der Waals surface area contributed by atoms with Gasteiger partial charge in [0.1, 0.15) is 5.69 Å². The molecule has 0 spiro atoms. The Morgan fingerprint density at radius 3 is 3.14 bits per heavy atom. The van der Waals surface area contributed by atoms with Crippen LogP contribution in [0.4, 0.5) is 0 Å². The van der Waals surface area contributed by atoms with E-state index >= 15 is 0 Å². The average Bonchev–Trinajstić information content (AvgIpc) is 3.15. The Morgan fingerprint density at radius 2 is 2.43 bits per heavy atom. The Morgan fingerprint density at radius 1 is 1.52 bits per heavy atom. The third kappa shape index (κ3) is 3.64. The number of halogens is 1. The van der Waals surface area contributed by atoms with Crippen molar-refractivity contribution in [2.45, 2.75) is 25.4 Å². The number of aromatic nitrogens is 2. The van der Waals surface area contributed by atoms with Gasteiger partial charge in [-0.2, -0.15) is 5.10 Å². The molecule has 5 nitrogen and oxygen atoms in total. The van der Waals surface area contributed by atoms with Crippen LogP contribution >= 0.6 is 22.9 Å². The third-order valence-electron chi connectivity index (χ3n) is 3.54. The summed E-state index contributed by atoms with van der Waals surface area (Å²) in [5.41, 5.74) is 0.461. The van der Waals surface area contributed by atoms with Crippen molar-refractivity contribution < 1.29 is 4.79 Å². The molecule has 0 saturated carbocycles. The Bertz CT molecular complexity index is 618. The molecule has 1 aliphatic rings. The highest BCUT2D eigenvalue weighted by Crippen LogP contribution is 2.21. The van der Waals surface area contributed by atoms with E-state index in [0.29, 0.717) is 18.3 Å². The van der Waals surface area contributed by atoms with Crippen LogP contribution in [0.5, 0.6) is 0 Å². The number of thiophene rings is 1. The first kappa shape index (κ1) is 14.6. The number of nitrogens with one attached hydrogen (secondary N) is 2. The molecule has 2 aromatic heterocycles. The third-order valence-corrected chi connectivity index (χ3v) is 4.77. The second-order valence-electron chi connectivity index (χ2n) is 5.07. The zero-order valence-corrected chi connectivity index (χ0v) is 13.1. The number of hydrogen-bond acceptors (Lipinski definition) is 4. The summed E-state index contributed by atoms with van der Waals surface area (Å²) in [6.07, 6.45) is 4.13. The number of rotatable bonds is 4. The number of piperidine rings is 1. The molecule has 2 N–H and O–H groups in total. The van der Waals surface area contributed by atoms with E-state index in [2.05, 4.69) is 15.7 Å². The molecule has 1 amide bonds. The number of amides is 1. The largest absolute Gasteiger partial charge is 0.346 e. The van der Waals surface area contributed by atoms with Gasteiger partial charge in [-0.3, -0.25) is 9.48 Å². The standard InChI is InChI=1S/C14H17ClN4OS/c15-13-4-3-11(21-13)9-17-14(20)12-5-7-19(18-12)10-2-1-6-16-8-10/h3-5,7,10,16H,1-2,6,8-9H2,(H,17,20). The van der Waals surface area contributed by atoms with Gasteiger partial charge in [-0.05, 0) is 37.6 Å². The van der Waals surface area contributed by atoms with E-state index in [4.69, 9.17) is 11.6 Å². The molecular formula is C14H17ClN4OS. The number of carbonyl (C=O) groups excluding carboxylic acids is 1. The fourth-order valence-electron chi connectivity index (χ4n) is 2.43. The molecule has 1 fully saturated rings. The Labute approximate surface area is 132 Å². The quantitative estimate of drug-likeness (QED) is 0.908. The van der Waals surface area contributed by atoms with Gasteiger partial charge in [0, 0.05) is 17.6 Å². The fraction of sp³-hybridized carbons (Fsp3) is 0.429. The lowest BCUT2D eigenvalue weighted by Crippen LogP contribution is -2.32. The molecule has 1 unspecified atom stereocenters. The highest BCUT2D eigenvalue weighted by Gasteiger charge is 2.17. The molecule has 0 radical (unpaired) electrons. The first-order chi connectivity index (χ1) is 10.2. The van der Waals surface area contributed by atoms with Crippen molar-refractivity contribution in [2.75, 3.05) is 13.1 Å². The molecule has 0 bridgehead atoms. The highest BCUT2D eigenvalue weighted by atomic mass is 35.5. The van der Waals surface area contributed by atoms with Crippen LogP contribution in [0, 0.1) is 0 Å². The van der Waals surface area contributed by atoms with E-state index in [1.165, 1.54) is 11.3 Å². The van der Waals surface area contributed by atoms with E-state index < -0.39 is 0 Å². The van der Waals surface area contributed by atoms with Crippen LogP contribution in [0.1, 0.15) is 34.2 Å². The van der Waals surface area contributed by atoms with Gasteiger partial charge in [0.15, 0.2) is 0 Å². The maximum Gasteiger partial charge on any atom is 0.272 e. The minimum absolute atomic E-state index is 0.151. The number of hydrogen-bond donors (Lipinski definition) is 2. The summed E-state index contributed by atoms with van der Waals surface area (Å²) < 4.78 is 2.62. The van der Waals surface area contributed by atoms with Crippen molar-refractivity contribution in [1.82, 2.24) is 20.4 Å². The van der Waals surface area contributed by atoms with Crippen LogP contribution in [-0.2, 0) is 6.54 Å². The summed E-state index contributed by atoms with van der Waals surface area (Å²) in [5, 5.41) is 10.6. The van der Waals surface area contributed by atoms with E-state index in [1.54, 1.807) is 6.07 Å². The van der Waals surface area contributed by atoms with E-state index in [9.17, 15) is 4.79 Å². The molecule has 3 rings (SSSR count). The lowest BCUT2D eigenvalue weighted by atomic mass is 10.1. The summed E-state index contributed by atoms with van der Waals surface area (Å²) in [5.74, 6) is -0.151. The fourth-order valence-corrected chi connectivity index (χ4v) is 3.45. The van der Waals surface area contributed by atoms with Gasteiger partial charge >= 0.3 is 0 Å². The van der Waals surface area contributed by atoms with Crippen molar-refractivity contribution >= 4 is 28.8 Å². The number of carbonyl (C=O) groups is 1. The molecule has 0 aromatic carbocycles. The minimum Gasteiger partial charge on any atom is -0.346 e. The first-order valence-corrected chi connectivity index (χ1v) is 8.20. The van der Waals surface area contributed by atoms with Gasteiger partial charge in [-0.25, -0.2) is 0 Å². The molecule has 112 valence electrons. The SMILES string of the molecule is O=C(NCc1ccc(Cl)s1)c1ccn(C2CCCNC2)n1. The van der Waals surface area contributed by atoms with E-state index in [0.717, 1.165) is 35.1 Å². The summed E-state index contributed by atoms with van der Waals surface area (Å²) in [6.45, 7) is 2.46. The lowest BCUT2D eigenvalue weighted by Gasteiger charge is -2.22. The van der Waals surface area contributed by atoms with Gasteiger partial charge in [-0.1, -0.05) is 11.6 Å². The molecule has 1 saturated heterocycles. The van der Waals surface area contributed by atoms with Gasteiger partial charge in [0.2, 0.25) is 0 Å². The zero-order valence-electron chi connectivity index (χ0n) is 11.5. The second-order valence-corrected chi connectivity index (χ2v) is 6.87. The topological polar surface area (TPSA) is 59.0 Å². The molecule has 1 atom stereocenters. The van der Waals surface area contributed by atoms with E-state index in [-0.39, 0.29) is 5.91 Å². The van der Waals surface area contributed by atoms with Gasteiger partial charge in [0.25, 0.3) is 5.91 Å². The van der Waals surface area contributed by atoms with Gasteiger partial charge in [0.05, 0.1) is 16.9 Å². The van der Waals surface area contributed by atoms with Crippen molar-refractivity contribution in [3.63, 3.8) is 0 Å². The van der Waals surface area contributed by atoms with Crippen LogP contribution in [0.3, 0.4) is 0 Å².